The van der Waals surface area contributed by atoms with Crippen LogP contribution in [-0.4, -0.2) is 14.5 Å². The van der Waals surface area contributed by atoms with Gasteiger partial charge < -0.3 is 4.57 Å². The first kappa shape index (κ1) is 15.5. The Bertz CT molecular complexity index is 1070. The highest BCUT2D eigenvalue weighted by Gasteiger charge is 2.44. The lowest BCUT2D eigenvalue weighted by molar-refractivity contribution is 0.449. The maximum absolute atomic E-state index is 4.66. The van der Waals surface area contributed by atoms with Gasteiger partial charge in [-0.15, -0.1) is 0 Å². The Morgan fingerprint density at radius 1 is 0.923 bits per heavy atom. The third-order valence-corrected chi connectivity index (χ3v) is 5.70. The van der Waals surface area contributed by atoms with Gasteiger partial charge in [0.1, 0.15) is 11.4 Å². The molecule has 0 amide bonds. The molecule has 1 aliphatic rings. The topological polar surface area (TPSA) is 30.7 Å². The monoisotopic (exact) mass is 401 g/mol. The number of aromatic nitrogens is 3. The molecule has 0 unspecified atom stereocenters. The van der Waals surface area contributed by atoms with E-state index < -0.39 is 0 Å². The van der Waals surface area contributed by atoms with E-state index in [1.807, 2.05) is 24.7 Å². The van der Waals surface area contributed by atoms with Crippen molar-refractivity contribution in [3.05, 3.63) is 107 Å². The van der Waals surface area contributed by atoms with Gasteiger partial charge in [0, 0.05) is 41.2 Å². The summed E-state index contributed by atoms with van der Waals surface area (Å²) < 4.78 is 3.39. The van der Waals surface area contributed by atoms with Crippen LogP contribution in [0.25, 0.3) is 11.4 Å². The van der Waals surface area contributed by atoms with Gasteiger partial charge in [0.2, 0.25) is 0 Å². The van der Waals surface area contributed by atoms with Crippen molar-refractivity contribution in [1.82, 2.24) is 14.5 Å². The minimum atomic E-state index is -0.327. The van der Waals surface area contributed by atoms with Gasteiger partial charge in [0.05, 0.1) is 0 Å². The van der Waals surface area contributed by atoms with Crippen LogP contribution in [0.1, 0.15) is 16.7 Å². The number of hydrogen-bond donors (Lipinski definition) is 0. The molecular formula is C22H16BrN3. The summed E-state index contributed by atoms with van der Waals surface area (Å²) in [6.45, 7) is 0. The number of halogens is 1. The molecule has 0 radical (unpaired) electrons. The van der Waals surface area contributed by atoms with Gasteiger partial charge in [0.25, 0.3) is 0 Å². The Hall–Kier alpha value is -2.72. The summed E-state index contributed by atoms with van der Waals surface area (Å²) in [6.07, 6.45) is 8.58. The molecule has 0 aliphatic carbocycles. The van der Waals surface area contributed by atoms with Gasteiger partial charge in [-0.25, -0.2) is 4.98 Å². The van der Waals surface area contributed by atoms with Crippen LogP contribution in [0.5, 0.6) is 0 Å². The predicted molar refractivity (Wildman–Crippen MR) is 106 cm³/mol. The molecule has 0 saturated carbocycles. The normalized spacial score (nSPS) is 17.7. The van der Waals surface area contributed by atoms with Crippen molar-refractivity contribution in [2.24, 2.45) is 0 Å². The van der Waals surface area contributed by atoms with E-state index in [1.54, 1.807) is 0 Å². The second-order valence-corrected chi connectivity index (χ2v) is 7.49. The molecule has 5 rings (SSSR count). The molecule has 1 atom stereocenters. The Morgan fingerprint density at radius 3 is 2.58 bits per heavy atom. The van der Waals surface area contributed by atoms with E-state index in [2.05, 4.69) is 91.3 Å². The van der Waals surface area contributed by atoms with Crippen molar-refractivity contribution in [2.75, 3.05) is 0 Å². The molecule has 4 heteroatoms. The van der Waals surface area contributed by atoms with Crippen molar-refractivity contribution in [2.45, 2.75) is 12.0 Å². The summed E-state index contributed by atoms with van der Waals surface area (Å²) in [4.78, 5) is 8.99. The van der Waals surface area contributed by atoms with Crippen molar-refractivity contribution in [3.63, 3.8) is 0 Å². The first-order chi connectivity index (χ1) is 12.8. The van der Waals surface area contributed by atoms with E-state index in [1.165, 1.54) is 22.3 Å². The molecule has 0 fully saturated rings. The Balaban J connectivity index is 1.82. The maximum atomic E-state index is 4.66. The molecule has 3 nitrogen and oxygen atoms in total. The maximum Gasteiger partial charge on any atom is 0.141 e. The number of benzene rings is 2. The summed E-state index contributed by atoms with van der Waals surface area (Å²) in [5.41, 5.74) is 4.60. The Labute approximate surface area is 160 Å². The van der Waals surface area contributed by atoms with Crippen LogP contribution in [0.3, 0.4) is 0 Å². The zero-order valence-electron chi connectivity index (χ0n) is 14.0. The second-order valence-electron chi connectivity index (χ2n) is 6.57. The molecule has 3 heterocycles. The third kappa shape index (κ3) is 2.19. The molecule has 1 aliphatic heterocycles. The molecule has 0 saturated heterocycles. The lowest BCUT2D eigenvalue weighted by atomic mass is 9.78. The number of rotatable bonds is 3. The van der Waals surface area contributed by atoms with E-state index in [0.717, 1.165) is 16.7 Å². The van der Waals surface area contributed by atoms with Gasteiger partial charge in [0.15, 0.2) is 0 Å². The van der Waals surface area contributed by atoms with Crippen LogP contribution in [-0.2, 0) is 12.0 Å². The van der Waals surface area contributed by atoms with Gasteiger partial charge in [-0.05, 0) is 34.9 Å². The molecule has 4 aromatic rings. The quantitative estimate of drug-likeness (QED) is 0.480. The van der Waals surface area contributed by atoms with E-state index in [4.69, 9.17) is 0 Å². The van der Waals surface area contributed by atoms with Crippen LogP contribution in [0.15, 0.2) is 89.9 Å². The molecule has 126 valence electrons. The minimum Gasteiger partial charge on any atom is -0.316 e. The molecule has 2 aromatic heterocycles. The zero-order chi connectivity index (χ0) is 17.6. The third-order valence-electron chi connectivity index (χ3n) is 5.17. The average Bonchev–Trinajstić information content (AvgIpc) is 3.26. The lowest BCUT2D eigenvalue weighted by Crippen LogP contribution is -2.35. The van der Waals surface area contributed by atoms with Crippen LogP contribution in [0.4, 0.5) is 0 Å². The zero-order valence-corrected chi connectivity index (χ0v) is 15.6. The highest BCUT2D eigenvalue weighted by atomic mass is 79.9. The van der Waals surface area contributed by atoms with Crippen molar-refractivity contribution < 1.29 is 0 Å². The SMILES string of the molecule is Brc1ccc([C@@]2(Cc3cccnc3)c3ccccc3-c3nccn32)cc1. The fourth-order valence-corrected chi connectivity index (χ4v) is 4.34. The summed E-state index contributed by atoms with van der Waals surface area (Å²) >= 11 is 3.57. The van der Waals surface area contributed by atoms with E-state index >= 15 is 0 Å². The van der Waals surface area contributed by atoms with Gasteiger partial charge >= 0.3 is 0 Å². The summed E-state index contributed by atoms with van der Waals surface area (Å²) in [5.74, 6) is 1.02. The van der Waals surface area contributed by atoms with E-state index in [-0.39, 0.29) is 5.54 Å². The fraction of sp³-hybridized carbons (Fsp3) is 0.0909. The average molecular weight is 402 g/mol. The van der Waals surface area contributed by atoms with Gasteiger partial charge in [-0.3, -0.25) is 4.98 Å². The molecule has 2 aromatic carbocycles. The molecule has 0 N–H and O–H groups in total. The van der Waals surface area contributed by atoms with Gasteiger partial charge in [-0.2, -0.15) is 0 Å². The van der Waals surface area contributed by atoms with Crippen LogP contribution < -0.4 is 0 Å². The first-order valence-electron chi connectivity index (χ1n) is 8.58. The predicted octanol–water partition coefficient (Wildman–Crippen LogP) is 5.06. The number of hydrogen-bond acceptors (Lipinski definition) is 2. The molecule has 0 spiro atoms. The second kappa shape index (κ2) is 5.92. The van der Waals surface area contributed by atoms with Crippen LogP contribution in [0.2, 0.25) is 0 Å². The first-order valence-corrected chi connectivity index (χ1v) is 9.37. The summed E-state index contributed by atoms with van der Waals surface area (Å²) in [6, 6.07) is 21.3. The Morgan fingerprint density at radius 2 is 1.77 bits per heavy atom. The molecular weight excluding hydrogens is 386 g/mol. The standard InChI is InChI=1S/C22H16BrN3/c23-18-9-7-17(8-10-18)22(14-16-4-3-11-24-15-16)20-6-2-1-5-19(20)21-25-12-13-26(21)22/h1-13,15H,14H2/t22-/m0/s1. The largest absolute Gasteiger partial charge is 0.316 e. The number of fused-ring (bicyclic) bond motifs is 3. The Kier molecular flexibility index (Phi) is 3.54. The molecule has 26 heavy (non-hydrogen) atoms. The minimum absolute atomic E-state index is 0.327. The number of nitrogens with zero attached hydrogens (tertiary/aromatic N) is 3. The van der Waals surface area contributed by atoms with Crippen LogP contribution >= 0.6 is 15.9 Å². The number of imidazole rings is 1. The fourth-order valence-electron chi connectivity index (χ4n) is 4.08. The van der Waals surface area contributed by atoms with Crippen molar-refractivity contribution in [3.8, 4) is 11.4 Å². The summed E-state index contributed by atoms with van der Waals surface area (Å²) in [7, 11) is 0. The van der Waals surface area contributed by atoms with Crippen molar-refractivity contribution in [1.29, 1.82) is 0 Å². The highest BCUT2D eigenvalue weighted by molar-refractivity contribution is 9.10. The summed E-state index contributed by atoms with van der Waals surface area (Å²) in [5, 5.41) is 0. The van der Waals surface area contributed by atoms with Crippen molar-refractivity contribution >= 4 is 15.9 Å². The smallest absolute Gasteiger partial charge is 0.141 e. The van der Waals surface area contributed by atoms with E-state index in [9.17, 15) is 0 Å². The highest BCUT2D eigenvalue weighted by Crippen LogP contribution is 2.48. The van der Waals surface area contributed by atoms with Gasteiger partial charge in [-0.1, -0.05) is 58.4 Å². The van der Waals surface area contributed by atoms with Crippen LogP contribution in [0, 0.1) is 0 Å². The number of pyridine rings is 1. The van der Waals surface area contributed by atoms with E-state index in [0.29, 0.717) is 0 Å². The molecule has 0 bridgehead atoms. The lowest BCUT2D eigenvalue weighted by Gasteiger charge is -2.34.